The first-order chi connectivity index (χ1) is 45.4. The van der Waals surface area contributed by atoms with Gasteiger partial charge < -0.3 is 148 Å². The number of aliphatic hydroxyl groups is 2. The van der Waals surface area contributed by atoms with Crippen LogP contribution in [0.15, 0.2) is 0 Å². The van der Waals surface area contributed by atoms with E-state index in [2.05, 4.69) is 0 Å². The summed E-state index contributed by atoms with van der Waals surface area (Å²) < 4.78 is 158. The van der Waals surface area contributed by atoms with E-state index in [1.807, 2.05) is 0 Å². The van der Waals surface area contributed by atoms with Crippen molar-refractivity contribution in [3.8, 4) is 0 Å². The van der Waals surface area contributed by atoms with E-state index >= 15 is 0 Å². The van der Waals surface area contributed by atoms with Crippen molar-refractivity contribution in [2.24, 2.45) is 0 Å². The number of aliphatic hydroxyl groups excluding tert-OH is 2. The van der Waals surface area contributed by atoms with Crippen LogP contribution in [-0.2, 0) is 137 Å². The lowest BCUT2D eigenvalue weighted by atomic mass is 10.6. The summed E-state index contributed by atoms with van der Waals surface area (Å²) in [7, 11) is 0. The van der Waals surface area contributed by atoms with Crippen LogP contribution in [0.5, 0.6) is 0 Å². The number of ether oxygens (including phenoxy) is 29. The highest BCUT2D eigenvalue weighted by atomic mass is 16.6. The number of hydrogen-bond donors (Lipinski definition) is 2. The predicted molar refractivity (Wildman–Crippen MR) is 328 cm³/mol. The number of rotatable bonds is 88. The highest BCUT2D eigenvalue weighted by Gasteiger charge is 2.02. The fourth-order valence-electron chi connectivity index (χ4n) is 6.39. The van der Waals surface area contributed by atoms with Crippen LogP contribution >= 0.6 is 0 Å². The van der Waals surface area contributed by atoms with Crippen LogP contribution in [0.2, 0.25) is 0 Å². The first kappa shape index (κ1) is 89.8. The molecule has 0 unspecified atom stereocenters. The van der Waals surface area contributed by atoms with Gasteiger partial charge in [-0.15, -0.1) is 0 Å². The average Bonchev–Trinajstić information content (AvgIpc) is 3.56. The molecule has 0 aromatic rings. The maximum Gasteiger partial charge on any atom is 0.0701 e. The lowest BCUT2D eigenvalue weighted by molar-refractivity contribution is -0.0324. The second-order valence-electron chi connectivity index (χ2n) is 18.2. The van der Waals surface area contributed by atoms with Crippen molar-refractivity contribution in [2.75, 3.05) is 396 Å². The molecule has 2 N–H and O–H groups in total. The fraction of sp³-hybridized carbons (Fsp3) is 1.00. The molecular formula is C60H122O31. The van der Waals surface area contributed by atoms with E-state index in [9.17, 15) is 0 Å². The topological polar surface area (TPSA) is 308 Å². The van der Waals surface area contributed by atoms with E-state index in [1.165, 1.54) is 0 Å². The summed E-state index contributed by atoms with van der Waals surface area (Å²) in [4.78, 5) is 0. The fourth-order valence-corrected chi connectivity index (χ4v) is 6.39. The molecule has 91 heavy (non-hydrogen) atoms. The molecule has 0 saturated heterocycles. The molecule has 31 nitrogen and oxygen atoms in total. The van der Waals surface area contributed by atoms with Crippen molar-refractivity contribution < 1.29 is 148 Å². The van der Waals surface area contributed by atoms with E-state index < -0.39 is 0 Å². The molecule has 548 valence electrons. The maximum atomic E-state index is 8.62. The number of hydrogen-bond acceptors (Lipinski definition) is 31. The van der Waals surface area contributed by atoms with Crippen LogP contribution < -0.4 is 0 Å². The van der Waals surface area contributed by atoms with Gasteiger partial charge in [-0.05, 0) is 0 Å². The van der Waals surface area contributed by atoms with Gasteiger partial charge in [-0.25, -0.2) is 0 Å². The van der Waals surface area contributed by atoms with Crippen LogP contribution in [0, 0.1) is 0 Å². The van der Waals surface area contributed by atoms with Crippen molar-refractivity contribution >= 4 is 0 Å². The molecule has 0 aliphatic rings. The zero-order valence-electron chi connectivity index (χ0n) is 55.2. The molecule has 0 radical (unpaired) electrons. The quantitative estimate of drug-likeness (QED) is 0.0722. The minimum atomic E-state index is 0.0164. The van der Waals surface area contributed by atoms with E-state index in [-0.39, 0.29) is 13.2 Å². The Hall–Kier alpha value is -1.24. The minimum Gasteiger partial charge on any atom is -0.394 e. The molecule has 0 aliphatic carbocycles. The Bertz CT molecular complexity index is 1150. The molecule has 0 fully saturated rings. The minimum absolute atomic E-state index is 0.0164. The van der Waals surface area contributed by atoms with Crippen molar-refractivity contribution in [1.29, 1.82) is 0 Å². The van der Waals surface area contributed by atoms with E-state index in [4.69, 9.17) is 148 Å². The third-order valence-electron chi connectivity index (χ3n) is 10.9. The molecule has 0 aliphatic heterocycles. The van der Waals surface area contributed by atoms with Gasteiger partial charge in [-0.2, -0.15) is 0 Å². The zero-order valence-corrected chi connectivity index (χ0v) is 55.2. The van der Waals surface area contributed by atoms with Gasteiger partial charge in [-0.1, -0.05) is 0 Å². The van der Waals surface area contributed by atoms with Gasteiger partial charge in [0.1, 0.15) is 0 Å². The molecule has 0 spiro atoms. The van der Waals surface area contributed by atoms with Crippen molar-refractivity contribution in [3.63, 3.8) is 0 Å². The highest BCUT2D eigenvalue weighted by molar-refractivity contribution is 4.44. The lowest BCUT2D eigenvalue weighted by Crippen LogP contribution is -2.16. The SMILES string of the molecule is OCCOCCOCCOCCOCCOCCOCCOCCOCCOCCOCCOCCOCCOCCOCCOCCOCCOCCOCCOCCOCCOCCOCCOCCOCCOCCOCCOCCOCCOCCO. The Morgan fingerprint density at radius 2 is 0.121 bits per heavy atom. The van der Waals surface area contributed by atoms with Gasteiger partial charge in [-0.3, -0.25) is 0 Å². The zero-order chi connectivity index (χ0) is 64.9. The molecule has 0 rings (SSSR count). The van der Waals surface area contributed by atoms with Gasteiger partial charge in [0, 0.05) is 0 Å². The summed E-state index contributed by atoms with van der Waals surface area (Å²) in [5, 5.41) is 17.2. The molecule has 0 saturated carbocycles. The van der Waals surface area contributed by atoms with Crippen LogP contribution in [0.1, 0.15) is 0 Å². The smallest absolute Gasteiger partial charge is 0.0701 e. The van der Waals surface area contributed by atoms with E-state index in [1.54, 1.807) is 0 Å². The Kier molecular flexibility index (Phi) is 87.6. The lowest BCUT2D eigenvalue weighted by Gasteiger charge is -2.09. The largest absolute Gasteiger partial charge is 0.394 e. The third kappa shape index (κ3) is 88.8. The van der Waals surface area contributed by atoms with Crippen LogP contribution in [0.25, 0.3) is 0 Å². The molecule has 0 heterocycles. The maximum absolute atomic E-state index is 8.62. The molecular weight excluding hydrogens is 1220 g/mol. The van der Waals surface area contributed by atoms with Gasteiger partial charge >= 0.3 is 0 Å². The standard InChI is InChI=1S/C60H122O31/c61-1-3-63-5-7-65-9-11-67-13-15-69-17-19-71-21-23-73-25-27-75-29-31-77-33-35-79-37-39-81-41-43-83-45-47-85-49-51-87-53-55-89-57-59-91-60-58-90-56-54-88-52-50-86-48-46-84-44-42-82-40-38-80-36-34-78-32-30-76-28-26-74-24-22-72-20-18-70-16-14-68-12-10-66-8-6-64-4-2-62/h61-62H,1-60H2. The molecule has 0 aromatic carbocycles. The van der Waals surface area contributed by atoms with Crippen LogP contribution in [0.3, 0.4) is 0 Å². The summed E-state index contributed by atoms with van der Waals surface area (Å²) in [6, 6.07) is 0. The monoisotopic (exact) mass is 1340 g/mol. The molecule has 0 amide bonds. The second kappa shape index (κ2) is 88.8. The first-order valence-electron chi connectivity index (χ1n) is 32.4. The Morgan fingerprint density at radius 1 is 0.0769 bits per heavy atom. The summed E-state index contributed by atoms with van der Waals surface area (Å²) >= 11 is 0. The van der Waals surface area contributed by atoms with Crippen LogP contribution in [0.4, 0.5) is 0 Å². The van der Waals surface area contributed by atoms with E-state index in [0.717, 1.165) is 0 Å². The second-order valence-corrected chi connectivity index (χ2v) is 18.2. The summed E-state index contributed by atoms with van der Waals surface area (Å²) in [6.07, 6.45) is 0. The molecule has 0 aromatic heterocycles. The molecule has 0 bridgehead atoms. The van der Waals surface area contributed by atoms with Gasteiger partial charge in [0.25, 0.3) is 0 Å². The third-order valence-corrected chi connectivity index (χ3v) is 10.9. The Morgan fingerprint density at radius 3 is 0.165 bits per heavy atom. The predicted octanol–water partition coefficient (Wildman–Crippen LogP) is -0.548. The Balaban J connectivity index is 3.09. The molecule has 0 atom stereocenters. The first-order valence-corrected chi connectivity index (χ1v) is 32.4. The van der Waals surface area contributed by atoms with Gasteiger partial charge in [0.2, 0.25) is 0 Å². The van der Waals surface area contributed by atoms with E-state index in [0.29, 0.717) is 383 Å². The normalized spacial score (nSPS) is 11.8. The highest BCUT2D eigenvalue weighted by Crippen LogP contribution is 1.92. The van der Waals surface area contributed by atoms with Crippen LogP contribution in [-0.4, -0.2) is 407 Å². The summed E-state index contributed by atoms with van der Waals surface area (Å²) in [6.45, 7) is 27.8. The summed E-state index contributed by atoms with van der Waals surface area (Å²) in [5.74, 6) is 0. The average molecular weight is 1340 g/mol. The van der Waals surface area contributed by atoms with Gasteiger partial charge in [0.15, 0.2) is 0 Å². The van der Waals surface area contributed by atoms with Crippen molar-refractivity contribution in [3.05, 3.63) is 0 Å². The van der Waals surface area contributed by atoms with Crippen molar-refractivity contribution in [1.82, 2.24) is 0 Å². The van der Waals surface area contributed by atoms with Crippen molar-refractivity contribution in [2.45, 2.75) is 0 Å². The molecule has 31 heteroatoms. The van der Waals surface area contributed by atoms with Gasteiger partial charge in [0.05, 0.1) is 396 Å². The summed E-state index contributed by atoms with van der Waals surface area (Å²) in [5.41, 5.74) is 0. The Labute approximate surface area is 542 Å².